The second kappa shape index (κ2) is 11.1. The van der Waals surface area contributed by atoms with Crippen LogP contribution >= 0.6 is 0 Å². The number of benzene rings is 4. The zero-order chi connectivity index (χ0) is 30.1. The summed E-state index contributed by atoms with van der Waals surface area (Å²) < 4.78 is 100. The number of ether oxygens (including phenoxy) is 4. The summed E-state index contributed by atoms with van der Waals surface area (Å²) in [6.07, 6.45) is -9.18. The highest BCUT2D eigenvalue weighted by atomic mass is 19.4. The van der Waals surface area contributed by atoms with Gasteiger partial charge >= 0.3 is 24.3 Å². The molecule has 0 aromatic heterocycles. The first-order valence-electron chi connectivity index (χ1n) is 12.2. The molecule has 1 aliphatic rings. The van der Waals surface area contributed by atoms with E-state index in [1.807, 2.05) is 0 Å². The first-order chi connectivity index (χ1) is 19.9. The standard InChI is InChI=1S/C30H18F6O6/c31-29(32,33)19-11-7-17(8-12-19)27(37)41-23-5-1-3-21-25(23)26-22(40-16-15-39-21)4-2-6-24(26)42-28(38)18-9-13-20(14-10-18)30(34,35)36/h1-14H,15-16H2. The summed E-state index contributed by atoms with van der Waals surface area (Å²) in [7, 11) is 0. The number of carbonyl (C=O) groups excluding carboxylic acids is 2. The van der Waals surface area contributed by atoms with Gasteiger partial charge in [0.05, 0.1) is 33.4 Å². The summed E-state index contributed by atoms with van der Waals surface area (Å²) >= 11 is 0. The lowest BCUT2D eigenvalue weighted by Crippen LogP contribution is -2.16. The number of hydrogen-bond acceptors (Lipinski definition) is 6. The molecular formula is C30H18F6O6. The van der Waals surface area contributed by atoms with Gasteiger partial charge in [-0.2, -0.15) is 26.3 Å². The van der Waals surface area contributed by atoms with Crippen LogP contribution < -0.4 is 18.9 Å². The molecule has 5 rings (SSSR count). The summed E-state index contributed by atoms with van der Waals surface area (Å²) in [6, 6.07) is 15.9. The quantitative estimate of drug-likeness (QED) is 0.139. The minimum absolute atomic E-state index is 0.0813. The van der Waals surface area contributed by atoms with Crippen molar-refractivity contribution in [1.29, 1.82) is 0 Å². The lowest BCUT2D eigenvalue weighted by Gasteiger charge is -2.23. The Hall–Kier alpha value is -5.00. The summed E-state index contributed by atoms with van der Waals surface area (Å²) in [5, 5.41) is 0. The van der Waals surface area contributed by atoms with Crippen LogP contribution in [0.3, 0.4) is 0 Å². The maximum Gasteiger partial charge on any atom is 0.416 e. The SMILES string of the molecule is O=C(Oc1cccc2c1-c1c(cccc1OC(=O)c1ccc(C(F)(F)F)cc1)OCCO2)c1ccc(C(F)(F)F)cc1. The van der Waals surface area contributed by atoms with E-state index >= 15 is 0 Å². The van der Waals surface area contributed by atoms with Gasteiger partial charge in [0.2, 0.25) is 0 Å². The number of fused-ring (bicyclic) bond motifs is 3. The van der Waals surface area contributed by atoms with Gasteiger partial charge in [-0.1, -0.05) is 12.1 Å². The van der Waals surface area contributed by atoms with Gasteiger partial charge in [-0.15, -0.1) is 0 Å². The van der Waals surface area contributed by atoms with Crippen LogP contribution in [0.15, 0.2) is 84.9 Å². The van der Waals surface area contributed by atoms with Crippen LogP contribution in [-0.4, -0.2) is 25.2 Å². The van der Waals surface area contributed by atoms with Crippen molar-refractivity contribution in [2.75, 3.05) is 13.2 Å². The molecule has 0 saturated carbocycles. The van der Waals surface area contributed by atoms with Crippen LogP contribution in [0, 0.1) is 0 Å². The Balaban J connectivity index is 1.51. The molecule has 4 aromatic rings. The molecule has 4 aromatic carbocycles. The lowest BCUT2D eigenvalue weighted by atomic mass is 10.0. The average Bonchev–Trinajstić information content (AvgIpc) is 2.93. The molecule has 0 radical (unpaired) electrons. The first kappa shape index (κ1) is 28.5. The third-order valence-corrected chi connectivity index (χ3v) is 6.13. The molecule has 216 valence electrons. The van der Waals surface area contributed by atoms with Crippen molar-refractivity contribution in [1.82, 2.24) is 0 Å². The van der Waals surface area contributed by atoms with Gasteiger partial charge in [0, 0.05) is 0 Å². The largest absolute Gasteiger partial charge is 0.489 e. The van der Waals surface area contributed by atoms with Gasteiger partial charge in [0.1, 0.15) is 36.2 Å². The van der Waals surface area contributed by atoms with Gasteiger partial charge in [-0.05, 0) is 72.8 Å². The lowest BCUT2D eigenvalue weighted by molar-refractivity contribution is -0.138. The minimum atomic E-state index is -4.59. The highest BCUT2D eigenvalue weighted by Gasteiger charge is 2.32. The highest BCUT2D eigenvalue weighted by molar-refractivity contribution is 5.96. The predicted octanol–water partition coefficient (Wildman–Crippen LogP) is 7.60. The molecule has 42 heavy (non-hydrogen) atoms. The Morgan fingerprint density at radius 1 is 0.548 bits per heavy atom. The molecule has 1 heterocycles. The van der Waals surface area contributed by atoms with Crippen LogP contribution in [0.2, 0.25) is 0 Å². The zero-order valence-corrected chi connectivity index (χ0v) is 21.2. The van der Waals surface area contributed by atoms with Gasteiger partial charge in [0.25, 0.3) is 0 Å². The fourth-order valence-electron chi connectivity index (χ4n) is 4.14. The molecule has 0 fully saturated rings. The van der Waals surface area contributed by atoms with Crippen LogP contribution in [0.1, 0.15) is 31.8 Å². The maximum absolute atomic E-state index is 12.9. The fraction of sp³-hybridized carbons (Fsp3) is 0.133. The second-order valence-corrected chi connectivity index (χ2v) is 8.88. The molecule has 0 spiro atoms. The molecular weight excluding hydrogens is 570 g/mol. The average molecular weight is 588 g/mol. The number of alkyl halides is 6. The van der Waals surface area contributed by atoms with Crippen LogP contribution in [0.5, 0.6) is 23.0 Å². The van der Waals surface area contributed by atoms with Gasteiger partial charge in [-0.3, -0.25) is 0 Å². The summed E-state index contributed by atoms with van der Waals surface area (Å²) in [5.74, 6) is -1.67. The topological polar surface area (TPSA) is 71.1 Å². The monoisotopic (exact) mass is 588 g/mol. The van der Waals surface area contributed by atoms with E-state index in [1.54, 1.807) is 12.1 Å². The first-order valence-corrected chi connectivity index (χ1v) is 12.2. The number of esters is 2. The van der Waals surface area contributed by atoms with E-state index in [1.165, 1.54) is 24.3 Å². The van der Waals surface area contributed by atoms with Crippen LogP contribution in [0.25, 0.3) is 11.1 Å². The number of rotatable bonds is 4. The molecule has 0 bridgehead atoms. The molecule has 1 aliphatic heterocycles. The zero-order valence-electron chi connectivity index (χ0n) is 21.2. The van der Waals surface area contributed by atoms with Crippen molar-refractivity contribution in [2.45, 2.75) is 12.4 Å². The Labute approximate surface area is 234 Å². The van der Waals surface area contributed by atoms with E-state index in [0.717, 1.165) is 48.5 Å². The van der Waals surface area contributed by atoms with E-state index in [4.69, 9.17) is 18.9 Å². The molecule has 0 amide bonds. The van der Waals surface area contributed by atoms with Crippen LogP contribution in [0.4, 0.5) is 26.3 Å². The summed E-state index contributed by atoms with van der Waals surface area (Å²) in [4.78, 5) is 25.9. The molecule has 0 atom stereocenters. The van der Waals surface area contributed by atoms with Gasteiger partial charge in [-0.25, -0.2) is 9.59 Å². The van der Waals surface area contributed by atoms with E-state index in [-0.39, 0.29) is 58.5 Å². The number of halogens is 6. The van der Waals surface area contributed by atoms with E-state index in [2.05, 4.69) is 0 Å². The normalized spacial score (nSPS) is 12.9. The molecule has 0 aliphatic carbocycles. The Kier molecular flexibility index (Phi) is 7.55. The minimum Gasteiger partial charge on any atom is -0.489 e. The molecule has 0 N–H and O–H groups in total. The van der Waals surface area contributed by atoms with Crippen molar-refractivity contribution < 1.29 is 54.9 Å². The smallest absolute Gasteiger partial charge is 0.416 e. The van der Waals surface area contributed by atoms with Crippen molar-refractivity contribution in [2.24, 2.45) is 0 Å². The van der Waals surface area contributed by atoms with E-state index < -0.39 is 35.4 Å². The van der Waals surface area contributed by atoms with E-state index in [0.29, 0.717) is 0 Å². The number of hydrogen-bond donors (Lipinski definition) is 0. The third-order valence-electron chi connectivity index (χ3n) is 6.13. The Bertz CT molecular complexity index is 1500. The molecule has 12 heteroatoms. The molecule has 0 unspecified atom stereocenters. The predicted molar refractivity (Wildman–Crippen MR) is 136 cm³/mol. The third kappa shape index (κ3) is 6.02. The number of carbonyl (C=O) groups is 2. The van der Waals surface area contributed by atoms with Gasteiger partial charge < -0.3 is 18.9 Å². The van der Waals surface area contributed by atoms with E-state index in [9.17, 15) is 35.9 Å². The van der Waals surface area contributed by atoms with Gasteiger partial charge in [0.15, 0.2) is 0 Å². The van der Waals surface area contributed by atoms with Crippen molar-refractivity contribution in [3.8, 4) is 34.1 Å². The summed E-state index contributed by atoms with van der Waals surface area (Å²) in [5.41, 5.74) is -1.92. The van der Waals surface area contributed by atoms with Crippen molar-refractivity contribution in [3.05, 3.63) is 107 Å². The Morgan fingerprint density at radius 2 is 0.905 bits per heavy atom. The van der Waals surface area contributed by atoms with Crippen LogP contribution in [-0.2, 0) is 12.4 Å². The fourth-order valence-corrected chi connectivity index (χ4v) is 4.14. The second-order valence-electron chi connectivity index (χ2n) is 8.88. The Morgan fingerprint density at radius 3 is 1.24 bits per heavy atom. The maximum atomic E-state index is 12.9. The van der Waals surface area contributed by atoms with Crippen molar-refractivity contribution in [3.63, 3.8) is 0 Å². The molecule has 6 nitrogen and oxygen atoms in total. The van der Waals surface area contributed by atoms with Crippen molar-refractivity contribution >= 4 is 11.9 Å². The summed E-state index contributed by atoms with van der Waals surface area (Å²) in [6.45, 7) is 0.191. The molecule has 0 saturated heterocycles. The highest BCUT2D eigenvalue weighted by Crippen LogP contribution is 2.49.